The summed E-state index contributed by atoms with van der Waals surface area (Å²) in [7, 11) is 1.56. The SMILES string of the molecule is CCOC(=O)C(=CNc1cc(OC)c2ccccc2n1)C(=O)OCC. The molecule has 0 aliphatic carbocycles. The molecule has 7 nitrogen and oxygen atoms in total. The van der Waals surface area contributed by atoms with E-state index in [1.165, 1.54) is 6.20 Å². The van der Waals surface area contributed by atoms with Crippen molar-refractivity contribution >= 4 is 28.7 Å². The number of nitrogens with one attached hydrogen (secondary N) is 1. The Labute approximate surface area is 145 Å². The molecule has 0 atom stereocenters. The summed E-state index contributed by atoms with van der Waals surface area (Å²) in [6.07, 6.45) is 1.23. The van der Waals surface area contributed by atoms with Crippen LogP contribution in [0.4, 0.5) is 5.82 Å². The molecular formula is C18H20N2O5. The largest absolute Gasteiger partial charge is 0.496 e. The number of anilines is 1. The fraction of sp³-hybridized carbons (Fsp3) is 0.278. The highest BCUT2D eigenvalue weighted by Gasteiger charge is 2.21. The van der Waals surface area contributed by atoms with E-state index in [0.29, 0.717) is 17.1 Å². The minimum Gasteiger partial charge on any atom is -0.496 e. The summed E-state index contributed by atoms with van der Waals surface area (Å²) in [6.45, 7) is 3.61. The molecule has 0 saturated carbocycles. The number of esters is 2. The standard InChI is InChI=1S/C18H20N2O5/c1-4-24-17(21)13(18(22)25-5-2)11-19-16-10-15(23-3)12-8-6-7-9-14(12)20-16/h6-11H,4-5H2,1-3H3,(H,19,20). The number of nitrogens with zero attached hydrogens (tertiary/aromatic N) is 1. The van der Waals surface area contributed by atoms with Crippen molar-refractivity contribution < 1.29 is 23.8 Å². The van der Waals surface area contributed by atoms with E-state index in [4.69, 9.17) is 14.2 Å². The molecule has 2 aromatic rings. The van der Waals surface area contributed by atoms with Crippen LogP contribution in [0.25, 0.3) is 10.9 Å². The maximum atomic E-state index is 11.9. The number of para-hydroxylation sites is 1. The van der Waals surface area contributed by atoms with Crippen LogP contribution in [0.15, 0.2) is 42.1 Å². The second-order valence-electron chi connectivity index (χ2n) is 4.87. The van der Waals surface area contributed by atoms with Gasteiger partial charge in [-0.05, 0) is 26.0 Å². The molecule has 25 heavy (non-hydrogen) atoms. The molecule has 132 valence electrons. The molecule has 1 heterocycles. The predicted molar refractivity (Wildman–Crippen MR) is 93.3 cm³/mol. The van der Waals surface area contributed by atoms with Crippen molar-refractivity contribution in [3.05, 3.63) is 42.1 Å². The Morgan fingerprint density at radius 1 is 1.12 bits per heavy atom. The number of ether oxygens (including phenoxy) is 3. The van der Waals surface area contributed by atoms with Crippen LogP contribution in [0.5, 0.6) is 5.75 Å². The van der Waals surface area contributed by atoms with Crippen LogP contribution in [0.2, 0.25) is 0 Å². The molecule has 0 fully saturated rings. The van der Waals surface area contributed by atoms with Crippen LogP contribution in [-0.2, 0) is 19.1 Å². The number of hydrogen-bond acceptors (Lipinski definition) is 7. The molecule has 0 spiro atoms. The Kier molecular flexibility index (Phi) is 6.33. The minimum absolute atomic E-state index is 0.150. The van der Waals surface area contributed by atoms with E-state index in [1.54, 1.807) is 27.0 Å². The molecule has 0 bridgehead atoms. The first kappa shape index (κ1) is 18.3. The molecule has 1 N–H and O–H groups in total. The van der Waals surface area contributed by atoms with Gasteiger partial charge in [0.1, 0.15) is 11.6 Å². The van der Waals surface area contributed by atoms with Gasteiger partial charge >= 0.3 is 11.9 Å². The highest BCUT2D eigenvalue weighted by Crippen LogP contribution is 2.27. The monoisotopic (exact) mass is 344 g/mol. The molecule has 1 aromatic heterocycles. The van der Waals surface area contributed by atoms with E-state index in [9.17, 15) is 9.59 Å². The number of rotatable bonds is 7. The lowest BCUT2D eigenvalue weighted by atomic mass is 10.2. The van der Waals surface area contributed by atoms with E-state index < -0.39 is 11.9 Å². The van der Waals surface area contributed by atoms with Crippen molar-refractivity contribution in [1.29, 1.82) is 0 Å². The summed E-state index contributed by atoms with van der Waals surface area (Å²) in [6, 6.07) is 9.15. The second kappa shape index (κ2) is 8.68. The summed E-state index contributed by atoms with van der Waals surface area (Å²) in [5.74, 6) is -0.487. The summed E-state index contributed by atoms with van der Waals surface area (Å²) in [5, 5.41) is 3.69. The summed E-state index contributed by atoms with van der Waals surface area (Å²) < 4.78 is 15.1. The lowest BCUT2D eigenvalue weighted by Crippen LogP contribution is -2.19. The Morgan fingerprint density at radius 2 is 1.76 bits per heavy atom. The van der Waals surface area contributed by atoms with Gasteiger partial charge in [-0.2, -0.15) is 0 Å². The van der Waals surface area contributed by atoms with Crippen LogP contribution < -0.4 is 10.1 Å². The van der Waals surface area contributed by atoms with E-state index in [1.807, 2.05) is 24.3 Å². The van der Waals surface area contributed by atoms with Crippen molar-refractivity contribution in [3.63, 3.8) is 0 Å². The maximum absolute atomic E-state index is 11.9. The number of pyridine rings is 1. The topological polar surface area (TPSA) is 86.8 Å². The Morgan fingerprint density at radius 3 is 2.36 bits per heavy atom. The van der Waals surface area contributed by atoms with Crippen LogP contribution in [0, 0.1) is 0 Å². The van der Waals surface area contributed by atoms with Gasteiger partial charge in [-0.15, -0.1) is 0 Å². The Hall–Kier alpha value is -3.09. The van der Waals surface area contributed by atoms with Gasteiger partial charge in [0.05, 0.1) is 25.8 Å². The third-order valence-corrected chi connectivity index (χ3v) is 3.25. The van der Waals surface area contributed by atoms with Crippen LogP contribution >= 0.6 is 0 Å². The zero-order valence-corrected chi connectivity index (χ0v) is 14.4. The third-order valence-electron chi connectivity index (χ3n) is 3.25. The molecule has 0 amide bonds. The molecule has 0 saturated heterocycles. The summed E-state index contributed by atoms with van der Waals surface area (Å²) >= 11 is 0. The summed E-state index contributed by atoms with van der Waals surface area (Å²) in [5.41, 5.74) is 0.476. The van der Waals surface area contributed by atoms with Gasteiger partial charge in [0.25, 0.3) is 0 Å². The number of benzene rings is 1. The number of carbonyl (C=O) groups is 2. The zero-order chi connectivity index (χ0) is 18.2. The normalized spacial score (nSPS) is 10.0. The highest BCUT2D eigenvalue weighted by atomic mass is 16.6. The van der Waals surface area contributed by atoms with Crippen LogP contribution in [0.1, 0.15) is 13.8 Å². The molecule has 2 rings (SSSR count). The quantitative estimate of drug-likeness (QED) is 0.357. The second-order valence-corrected chi connectivity index (χ2v) is 4.87. The Bertz CT molecular complexity index is 781. The average molecular weight is 344 g/mol. The lowest BCUT2D eigenvalue weighted by Gasteiger charge is -2.10. The van der Waals surface area contributed by atoms with E-state index in [0.717, 1.165) is 5.39 Å². The fourth-order valence-electron chi connectivity index (χ4n) is 2.15. The molecule has 0 radical (unpaired) electrons. The van der Waals surface area contributed by atoms with Gasteiger partial charge in [0.2, 0.25) is 0 Å². The molecule has 0 aliphatic rings. The third kappa shape index (κ3) is 4.47. The maximum Gasteiger partial charge on any atom is 0.347 e. The first-order valence-electron chi connectivity index (χ1n) is 7.85. The van der Waals surface area contributed by atoms with Gasteiger partial charge in [0, 0.05) is 17.7 Å². The fourth-order valence-corrected chi connectivity index (χ4v) is 2.15. The highest BCUT2D eigenvalue weighted by molar-refractivity contribution is 6.14. The first-order chi connectivity index (χ1) is 12.1. The lowest BCUT2D eigenvalue weighted by molar-refractivity contribution is -0.146. The van der Waals surface area contributed by atoms with Gasteiger partial charge in [-0.3, -0.25) is 0 Å². The summed E-state index contributed by atoms with van der Waals surface area (Å²) in [4.78, 5) is 28.3. The number of fused-ring (bicyclic) bond motifs is 1. The van der Waals surface area contributed by atoms with Crippen LogP contribution in [0.3, 0.4) is 0 Å². The van der Waals surface area contributed by atoms with Gasteiger partial charge in [0.15, 0.2) is 5.57 Å². The molecular weight excluding hydrogens is 324 g/mol. The first-order valence-corrected chi connectivity index (χ1v) is 7.85. The van der Waals surface area contributed by atoms with E-state index in [2.05, 4.69) is 10.3 Å². The number of carbonyl (C=O) groups excluding carboxylic acids is 2. The van der Waals surface area contributed by atoms with Crippen molar-refractivity contribution in [2.24, 2.45) is 0 Å². The minimum atomic E-state index is -0.763. The zero-order valence-electron chi connectivity index (χ0n) is 14.4. The number of hydrogen-bond donors (Lipinski definition) is 1. The van der Waals surface area contributed by atoms with Gasteiger partial charge < -0.3 is 19.5 Å². The molecule has 0 unspecified atom stereocenters. The predicted octanol–water partition coefficient (Wildman–Crippen LogP) is 2.67. The van der Waals surface area contributed by atoms with Crippen LogP contribution in [-0.4, -0.2) is 37.2 Å². The average Bonchev–Trinajstić information content (AvgIpc) is 2.61. The van der Waals surface area contributed by atoms with E-state index >= 15 is 0 Å². The Balaban J connectivity index is 2.34. The van der Waals surface area contributed by atoms with Crippen molar-refractivity contribution in [3.8, 4) is 5.75 Å². The van der Waals surface area contributed by atoms with Crippen molar-refractivity contribution in [2.75, 3.05) is 25.6 Å². The molecule has 1 aromatic carbocycles. The number of aromatic nitrogens is 1. The van der Waals surface area contributed by atoms with E-state index in [-0.39, 0.29) is 18.8 Å². The van der Waals surface area contributed by atoms with Gasteiger partial charge in [-0.25, -0.2) is 14.6 Å². The molecule has 0 aliphatic heterocycles. The number of methoxy groups -OCH3 is 1. The van der Waals surface area contributed by atoms with Crippen molar-refractivity contribution in [2.45, 2.75) is 13.8 Å². The molecule has 7 heteroatoms. The van der Waals surface area contributed by atoms with Crippen molar-refractivity contribution in [1.82, 2.24) is 4.98 Å². The van der Waals surface area contributed by atoms with Gasteiger partial charge in [-0.1, -0.05) is 12.1 Å². The smallest absolute Gasteiger partial charge is 0.347 e.